The average molecular weight is 234 g/mol. The summed E-state index contributed by atoms with van der Waals surface area (Å²) in [4.78, 5) is 2.41. The molecule has 1 saturated heterocycles. The maximum atomic E-state index is 9.59. The van der Waals surface area contributed by atoms with Crippen molar-refractivity contribution in [3.05, 3.63) is 35.4 Å². The third-order valence-electron chi connectivity index (χ3n) is 3.72. The van der Waals surface area contributed by atoms with Crippen molar-refractivity contribution in [3.8, 4) is 0 Å². The Morgan fingerprint density at radius 1 is 1.41 bits per heavy atom. The quantitative estimate of drug-likeness (QED) is 0.826. The van der Waals surface area contributed by atoms with Gasteiger partial charge >= 0.3 is 0 Å². The fourth-order valence-electron chi connectivity index (χ4n) is 2.55. The van der Waals surface area contributed by atoms with Crippen LogP contribution in [0.5, 0.6) is 0 Å². The molecule has 2 unspecified atom stereocenters. The summed E-state index contributed by atoms with van der Waals surface area (Å²) in [5.41, 5.74) is 8.29. The second-order valence-corrected chi connectivity index (χ2v) is 5.00. The Morgan fingerprint density at radius 2 is 2.12 bits per heavy atom. The van der Waals surface area contributed by atoms with Crippen LogP contribution in [-0.2, 0) is 13.1 Å². The first-order valence-electron chi connectivity index (χ1n) is 6.38. The molecule has 1 aliphatic heterocycles. The molecular formula is C14H22N2O. The highest BCUT2D eigenvalue weighted by Crippen LogP contribution is 2.22. The molecule has 0 aliphatic carbocycles. The molecule has 3 nitrogen and oxygen atoms in total. The maximum Gasteiger partial charge on any atom is 0.0552 e. The summed E-state index contributed by atoms with van der Waals surface area (Å²) in [7, 11) is 0. The van der Waals surface area contributed by atoms with Gasteiger partial charge in [0.2, 0.25) is 0 Å². The van der Waals surface area contributed by atoms with Gasteiger partial charge in [0, 0.05) is 19.6 Å². The molecule has 2 atom stereocenters. The van der Waals surface area contributed by atoms with Crippen LogP contribution in [0.3, 0.4) is 0 Å². The van der Waals surface area contributed by atoms with Crippen molar-refractivity contribution in [1.82, 2.24) is 4.90 Å². The number of nitrogens with two attached hydrogens (primary N) is 1. The van der Waals surface area contributed by atoms with Crippen LogP contribution in [0.25, 0.3) is 0 Å². The molecule has 3 N–H and O–H groups in total. The van der Waals surface area contributed by atoms with E-state index in [-0.39, 0.29) is 6.10 Å². The molecule has 94 valence electrons. The van der Waals surface area contributed by atoms with Gasteiger partial charge in [-0.2, -0.15) is 0 Å². The molecule has 0 bridgehead atoms. The van der Waals surface area contributed by atoms with E-state index in [1.54, 1.807) is 0 Å². The van der Waals surface area contributed by atoms with Crippen molar-refractivity contribution >= 4 is 0 Å². The van der Waals surface area contributed by atoms with E-state index in [9.17, 15) is 5.11 Å². The predicted octanol–water partition coefficient (Wildman–Crippen LogP) is 1.35. The van der Waals surface area contributed by atoms with Crippen LogP contribution in [0.4, 0.5) is 0 Å². The molecule has 1 heterocycles. The molecule has 17 heavy (non-hydrogen) atoms. The Morgan fingerprint density at radius 3 is 2.71 bits per heavy atom. The molecule has 0 saturated carbocycles. The third kappa shape index (κ3) is 3.06. The Hall–Kier alpha value is -0.900. The summed E-state index contributed by atoms with van der Waals surface area (Å²) >= 11 is 0. The molecule has 2 rings (SSSR count). The molecule has 1 aromatic rings. The number of aliphatic hydroxyl groups is 1. The van der Waals surface area contributed by atoms with Crippen LogP contribution in [0.2, 0.25) is 0 Å². The zero-order valence-electron chi connectivity index (χ0n) is 10.5. The smallest absolute Gasteiger partial charge is 0.0552 e. The first-order valence-corrected chi connectivity index (χ1v) is 6.38. The molecule has 1 fully saturated rings. The monoisotopic (exact) mass is 234 g/mol. The molecule has 3 heteroatoms. The van der Waals surface area contributed by atoms with E-state index in [4.69, 9.17) is 5.73 Å². The van der Waals surface area contributed by atoms with Gasteiger partial charge in [0.15, 0.2) is 0 Å². The molecule has 1 aromatic carbocycles. The van der Waals surface area contributed by atoms with Gasteiger partial charge in [-0.15, -0.1) is 0 Å². The van der Waals surface area contributed by atoms with Gasteiger partial charge in [0.25, 0.3) is 0 Å². The van der Waals surface area contributed by atoms with Gasteiger partial charge < -0.3 is 10.8 Å². The van der Waals surface area contributed by atoms with E-state index in [1.807, 2.05) is 13.0 Å². The summed E-state index contributed by atoms with van der Waals surface area (Å²) in [5.74, 6) is 0.431. The zero-order valence-corrected chi connectivity index (χ0v) is 10.5. The van der Waals surface area contributed by atoms with E-state index < -0.39 is 0 Å². The molecule has 0 radical (unpaired) electrons. The number of likely N-dealkylation sites (tertiary alicyclic amines) is 1. The number of aliphatic hydroxyl groups excluding tert-OH is 1. The largest absolute Gasteiger partial charge is 0.393 e. The van der Waals surface area contributed by atoms with Gasteiger partial charge in [-0.3, -0.25) is 4.90 Å². The summed E-state index contributed by atoms with van der Waals surface area (Å²) < 4.78 is 0. The Kier molecular flexibility index (Phi) is 4.15. The Labute approximate surface area is 103 Å². The van der Waals surface area contributed by atoms with Crippen molar-refractivity contribution in [1.29, 1.82) is 0 Å². The lowest BCUT2D eigenvalue weighted by molar-refractivity contribution is 0.127. The summed E-state index contributed by atoms with van der Waals surface area (Å²) in [6.07, 6.45) is 0.910. The van der Waals surface area contributed by atoms with E-state index >= 15 is 0 Å². The average Bonchev–Trinajstić information content (AvgIpc) is 2.78. The van der Waals surface area contributed by atoms with Crippen LogP contribution in [0, 0.1) is 5.92 Å². The second kappa shape index (κ2) is 5.63. The van der Waals surface area contributed by atoms with E-state index in [0.29, 0.717) is 12.5 Å². The second-order valence-electron chi connectivity index (χ2n) is 5.00. The van der Waals surface area contributed by atoms with Crippen molar-refractivity contribution < 1.29 is 5.11 Å². The molecular weight excluding hydrogens is 212 g/mol. The third-order valence-corrected chi connectivity index (χ3v) is 3.72. The number of rotatable bonds is 4. The maximum absolute atomic E-state index is 9.59. The predicted molar refractivity (Wildman–Crippen MR) is 69.4 cm³/mol. The molecule has 0 aromatic heterocycles. The lowest BCUT2D eigenvalue weighted by Gasteiger charge is -2.19. The lowest BCUT2D eigenvalue weighted by atomic mass is 10.0. The number of hydrogen-bond acceptors (Lipinski definition) is 3. The van der Waals surface area contributed by atoms with Crippen LogP contribution in [-0.4, -0.2) is 29.2 Å². The molecule has 1 aliphatic rings. The van der Waals surface area contributed by atoms with Gasteiger partial charge in [-0.05, 0) is 36.9 Å². The first kappa shape index (κ1) is 12.6. The standard InChI is InChI=1S/C14H22N2O/c1-11(17)13-6-7-16(9-13)10-14-5-3-2-4-12(14)8-15/h2-5,11,13,17H,6-10,15H2,1H3. The van der Waals surface area contributed by atoms with E-state index in [2.05, 4.69) is 23.1 Å². The van der Waals surface area contributed by atoms with Gasteiger partial charge in [-0.1, -0.05) is 24.3 Å². The summed E-state index contributed by atoms with van der Waals surface area (Å²) in [5, 5.41) is 9.59. The lowest BCUT2D eigenvalue weighted by Crippen LogP contribution is -2.24. The number of nitrogens with zero attached hydrogens (tertiary/aromatic N) is 1. The minimum atomic E-state index is -0.190. The van der Waals surface area contributed by atoms with Gasteiger partial charge in [0.05, 0.1) is 6.10 Å². The topological polar surface area (TPSA) is 49.5 Å². The van der Waals surface area contributed by atoms with Gasteiger partial charge in [0.1, 0.15) is 0 Å². The summed E-state index contributed by atoms with van der Waals surface area (Å²) in [6, 6.07) is 8.35. The van der Waals surface area contributed by atoms with Crippen LogP contribution < -0.4 is 5.73 Å². The van der Waals surface area contributed by atoms with Gasteiger partial charge in [-0.25, -0.2) is 0 Å². The minimum absolute atomic E-state index is 0.190. The highest BCUT2D eigenvalue weighted by atomic mass is 16.3. The highest BCUT2D eigenvalue weighted by Gasteiger charge is 2.25. The fraction of sp³-hybridized carbons (Fsp3) is 0.571. The Balaban J connectivity index is 1.98. The first-order chi connectivity index (χ1) is 8.20. The zero-order chi connectivity index (χ0) is 12.3. The van der Waals surface area contributed by atoms with E-state index in [1.165, 1.54) is 11.1 Å². The van der Waals surface area contributed by atoms with Crippen molar-refractivity contribution in [2.45, 2.75) is 32.5 Å². The molecule has 0 spiro atoms. The number of benzene rings is 1. The van der Waals surface area contributed by atoms with Crippen molar-refractivity contribution in [3.63, 3.8) is 0 Å². The van der Waals surface area contributed by atoms with Crippen molar-refractivity contribution in [2.75, 3.05) is 13.1 Å². The van der Waals surface area contributed by atoms with Crippen molar-refractivity contribution in [2.24, 2.45) is 11.7 Å². The number of hydrogen-bond donors (Lipinski definition) is 2. The van der Waals surface area contributed by atoms with Crippen LogP contribution in [0.15, 0.2) is 24.3 Å². The SMILES string of the molecule is CC(O)C1CCN(Cc2ccccc2CN)C1. The minimum Gasteiger partial charge on any atom is -0.393 e. The summed E-state index contributed by atoms with van der Waals surface area (Å²) in [6.45, 7) is 5.52. The molecule has 0 amide bonds. The normalized spacial score (nSPS) is 22.9. The van der Waals surface area contributed by atoms with Crippen LogP contribution in [0.1, 0.15) is 24.5 Å². The van der Waals surface area contributed by atoms with E-state index in [0.717, 1.165) is 26.1 Å². The van der Waals surface area contributed by atoms with Crippen LogP contribution >= 0.6 is 0 Å². The fourth-order valence-corrected chi connectivity index (χ4v) is 2.55. The Bertz CT molecular complexity index is 365. The highest BCUT2D eigenvalue weighted by molar-refractivity contribution is 5.26.